The molecule has 0 heterocycles. The molecule has 0 bridgehead atoms. The average molecular weight is 281 g/mol. The summed E-state index contributed by atoms with van der Waals surface area (Å²) in [5, 5.41) is 12.3. The summed E-state index contributed by atoms with van der Waals surface area (Å²) in [6.07, 6.45) is 7.40. The highest BCUT2D eigenvalue weighted by molar-refractivity contribution is 5.84. The fourth-order valence-corrected chi connectivity index (χ4v) is 3.86. The fraction of sp³-hybridized carbons (Fsp3) is 0.875. The van der Waals surface area contributed by atoms with E-state index in [2.05, 4.69) is 19.2 Å². The van der Waals surface area contributed by atoms with Crippen molar-refractivity contribution >= 4 is 11.9 Å². The minimum absolute atomic E-state index is 0.0937. The molecular formula is C16H27NO3. The standard InChI is InChI=1S/C16H27NO3/c1-12(2)10-15(6-3-4-7-15)13(18)17-11-16(14(19)20)8-5-9-16/h12H,3-11H2,1-2H3,(H,17,18)(H,19,20). The predicted octanol–water partition coefficient (Wildman–Crippen LogP) is 2.96. The highest BCUT2D eigenvalue weighted by Gasteiger charge is 2.47. The van der Waals surface area contributed by atoms with Gasteiger partial charge >= 0.3 is 5.97 Å². The van der Waals surface area contributed by atoms with Gasteiger partial charge in [0.1, 0.15) is 0 Å². The molecule has 0 aliphatic heterocycles. The van der Waals surface area contributed by atoms with Gasteiger partial charge in [-0.15, -0.1) is 0 Å². The second kappa shape index (κ2) is 5.74. The highest BCUT2D eigenvalue weighted by atomic mass is 16.4. The molecule has 0 spiro atoms. The van der Waals surface area contributed by atoms with Crippen LogP contribution in [0.1, 0.15) is 65.2 Å². The van der Waals surface area contributed by atoms with Crippen LogP contribution in [0.5, 0.6) is 0 Å². The van der Waals surface area contributed by atoms with Crippen LogP contribution in [-0.2, 0) is 9.59 Å². The van der Waals surface area contributed by atoms with Crippen LogP contribution in [0.3, 0.4) is 0 Å². The van der Waals surface area contributed by atoms with Gasteiger partial charge in [-0.3, -0.25) is 9.59 Å². The van der Waals surface area contributed by atoms with Gasteiger partial charge in [0.2, 0.25) is 5.91 Å². The zero-order valence-electron chi connectivity index (χ0n) is 12.7. The number of rotatable bonds is 6. The first kappa shape index (κ1) is 15.3. The molecule has 0 aromatic heterocycles. The van der Waals surface area contributed by atoms with Gasteiger partial charge in [-0.2, -0.15) is 0 Å². The molecule has 0 atom stereocenters. The van der Waals surface area contributed by atoms with Crippen molar-refractivity contribution in [2.75, 3.05) is 6.54 Å². The zero-order valence-corrected chi connectivity index (χ0v) is 12.7. The maximum Gasteiger partial charge on any atom is 0.311 e. The number of carbonyl (C=O) groups excluding carboxylic acids is 1. The normalized spacial score (nSPS) is 23.4. The summed E-state index contributed by atoms with van der Waals surface area (Å²) in [7, 11) is 0. The summed E-state index contributed by atoms with van der Waals surface area (Å²) in [5.41, 5.74) is -0.926. The molecule has 4 heteroatoms. The van der Waals surface area contributed by atoms with Crippen LogP contribution in [0.15, 0.2) is 0 Å². The maximum absolute atomic E-state index is 12.6. The number of aliphatic carboxylic acids is 1. The van der Waals surface area contributed by atoms with Crippen molar-refractivity contribution in [3.05, 3.63) is 0 Å². The summed E-state index contributed by atoms with van der Waals surface area (Å²) in [6, 6.07) is 0. The monoisotopic (exact) mass is 281 g/mol. The SMILES string of the molecule is CC(C)CC1(C(=O)NCC2(C(=O)O)CCC2)CCCC1. The minimum atomic E-state index is -0.756. The summed E-state index contributed by atoms with van der Waals surface area (Å²) in [5.74, 6) is -0.166. The van der Waals surface area contributed by atoms with Gasteiger partial charge in [0.05, 0.1) is 5.41 Å². The molecule has 20 heavy (non-hydrogen) atoms. The van der Waals surface area contributed by atoms with Crippen molar-refractivity contribution in [1.82, 2.24) is 5.32 Å². The van der Waals surface area contributed by atoms with E-state index < -0.39 is 11.4 Å². The van der Waals surface area contributed by atoms with E-state index in [1.54, 1.807) is 0 Å². The van der Waals surface area contributed by atoms with Crippen molar-refractivity contribution in [2.45, 2.75) is 65.2 Å². The maximum atomic E-state index is 12.6. The Balaban J connectivity index is 1.97. The number of carbonyl (C=O) groups is 2. The van der Waals surface area contributed by atoms with Crippen LogP contribution >= 0.6 is 0 Å². The first-order chi connectivity index (χ1) is 9.40. The zero-order chi connectivity index (χ0) is 14.8. The van der Waals surface area contributed by atoms with Crippen LogP contribution in [0, 0.1) is 16.7 Å². The molecule has 1 amide bonds. The Morgan fingerprint density at radius 1 is 1.05 bits per heavy atom. The average Bonchev–Trinajstić information content (AvgIpc) is 2.75. The van der Waals surface area contributed by atoms with E-state index >= 15 is 0 Å². The van der Waals surface area contributed by atoms with Crippen molar-refractivity contribution in [1.29, 1.82) is 0 Å². The first-order valence-corrected chi connectivity index (χ1v) is 7.92. The fourth-order valence-electron chi connectivity index (χ4n) is 3.86. The minimum Gasteiger partial charge on any atom is -0.481 e. The van der Waals surface area contributed by atoms with Gasteiger partial charge in [0, 0.05) is 12.0 Å². The van der Waals surface area contributed by atoms with E-state index in [0.717, 1.165) is 38.5 Å². The molecule has 2 fully saturated rings. The van der Waals surface area contributed by atoms with Crippen molar-refractivity contribution in [3.63, 3.8) is 0 Å². The quantitative estimate of drug-likeness (QED) is 0.786. The van der Waals surface area contributed by atoms with E-state index in [9.17, 15) is 14.7 Å². The van der Waals surface area contributed by atoms with Crippen LogP contribution in [0.25, 0.3) is 0 Å². The van der Waals surface area contributed by atoms with Crippen LogP contribution in [-0.4, -0.2) is 23.5 Å². The highest BCUT2D eigenvalue weighted by Crippen LogP contribution is 2.44. The third kappa shape index (κ3) is 2.84. The molecule has 4 nitrogen and oxygen atoms in total. The van der Waals surface area contributed by atoms with Gasteiger partial charge < -0.3 is 10.4 Å². The van der Waals surface area contributed by atoms with E-state index in [1.807, 2.05) is 0 Å². The smallest absolute Gasteiger partial charge is 0.311 e. The number of hydrogen-bond acceptors (Lipinski definition) is 2. The lowest BCUT2D eigenvalue weighted by Gasteiger charge is -2.39. The van der Waals surface area contributed by atoms with E-state index in [4.69, 9.17) is 0 Å². The Hall–Kier alpha value is -1.06. The summed E-state index contributed by atoms with van der Waals surface area (Å²) in [6.45, 7) is 4.61. The van der Waals surface area contributed by atoms with E-state index in [-0.39, 0.29) is 11.3 Å². The number of carboxylic acid groups (broad SMARTS) is 1. The Bertz CT molecular complexity index is 379. The molecule has 2 aliphatic rings. The number of hydrogen-bond donors (Lipinski definition) is 2. The third-order valence-electron chi connectivity index (χ3n) is 5.19. The summed E-state index contributed by atoms with van der Waals surface area (Å²) >= 11 is 0. The third-order valence-corrected chi connectivity index (χ3v) is 5.19. The van der Waals surface area contributed by atoms with Gasteiger partial charge in [0.25, 0.3) is 0 Å². The molecule has 0 radical (unpaired) electrons. The van der Waals surface area contributed by atoms with E-state index in [0.29, 0.717) is 25.3 Å². The lowest BCUT2D eigenvalue weighted by Crippen LogP contribution is -2.50. The molecule has 0 aromatic carbocycles. The van der Waals surface area contributed by atoms with Crippen molar-refractivity contribution in [3.8, 4) is 0 Å². The van der Waals surface area contributed by atoms with Crippen LogP contribution in [0.4, 0.5) is 0 Å². The number of carboxylic acids is 1. The van der Waals surface area contributed by atoms with Gasteiger partial charge in [-0.25, -0.2) is 0 Å². The molecule has 0 saturated heterocycles. The van der Waals surface area contributed by atoms with E-state index in [1.165, 1.54) is 0 Å². The van der Waals surface area contributed by atoms with Crippen molar-refractivity contribution < 1.29 is 14.7 Å². The Morgan fingerprint density at radius 2 is 1.60 bits per heavy atom. The van der Waals surface area contributed by atoms with Gasteiger partial charge in [0.15, 0.2) is 0 Å². The number of nitrogens with one attached hydrogen (secondary N) is 1. The topological polar surface area (TPSA) is 66.4 Å². The molecule has 2 rings (SSSR count). The molecular weight excluding hydrogens is 254 g/mol. The van der Waals surface area contributed by atoms with Crippen molar-refractivity contribution in [2.24, 2.45) is 16.7 Å². The lowest BCUT2D eigenvalue weighted by atomic mass is 9.68. The second-order valence-corrected chi connectivity index (χ2v) is 7.21. The van der Waals surface area contributed by atoms with Crippen LogP contribution < -0.4 is 5.32 Å². The lowest BCUT2D eigenvalue weighted by molar-refractivity contribution is -0.154. The Kier molecular flexibility index (Phi) is 4.40. The largest absolute Gasteiger partial charge is 0.481 e. The second-order valence-electron chi connectivity index (χ2n) is 7.21. The molecule has 2 saturated carbocycles. The molecule has 2 aliphatic carbocycles. The summed E-state index contributed by atoms with van der Waals surface area (Å²) in [4.78, 5) is 24.0. The molecule has 2 N–H and O–H groups in total. The number of amides is 1. The molecule has 0 unspecified atom stereocenters. The van der Waals surface area contributed by atoms with Gasteiger partial charge in [-0.05, 0) is 38.0 Å². The predicted molar refractivity (Wildman–Crippen MR) is 77.3 cm³/mol. The summed E-state index contributed by atoms with van der Waals surface area (Å²) < 4.78 is 0. The first-order valence-electron chi connectivity index (χ1n) is 7.92. The van der Waals surface area contributed by atoms with Gasteiger partial charge in [-0.1, -0.05) is 33.1 Å². The van der Waals surface area contributed by atoms with Crippen LogP contribution in [0.2, 0.25) is 0 Å². The molecule has 0 aromatic rings. The Labute approximate surface area is 121 Å². The Morgan fingerprint density at radius 3 is 2.00 bits per heavy atom. The molecule has 114 valence electrons.